The molecule has 0 aliphatic heterocycles. The monoisotopic (exact) mass is 292 g/mol. The Morgan fingerprint density at radius 2 is 2.05 bits per heavy atom. The van der Waals surface area contributed by atoms with E-state index < -0.39 is 29.0 Å². The fraction of sp³-hybridized carbons (Fsp3) is 0.111. The van der Waals surface area contributed by atoms with E-state index >= 15 is 0 Å². The number of hydrogen-bond acceptors (Lipinski definition) is 5. The first kappa shape index (κ1) is 13.3. The van der Waals surface area contributed by atoms with Crippen molar-refractivity contribution in [3.05, 3.63) is 35.1 Å². The molecule has 0 atom stereocenters. The molecule has 0 saturated carbocycles. The predicted molar refractivity (Wildman–Crippen MR) is 57.1 cm³/mol. The number of nitrogens with one attached hydrogen (secondary N) is 1. The maximum absolute atomic E-state index is 13.4. The number of anilines is 1. The first-order valence-corrected chi connectivity index (χ1v) is 5.48. The third-order valence-corrected chi connectivity index (χ3v) is 2.57. The van der Waals surface area contributed by atoms with Crippen LogP contribution >= 0.6 is 11.5 Å². The highest BCUT2D eigenvalue weighted by Crippen LogP contribution is 2.30. The van der Waals surface area contributed by atoms with Crippen LogP contribution in [-0.2, 0) is 6.18 Å². The second kappa shape index (κ2) is 4.88. The topological polar surface area (TPSA) is 67.8 Å². The summed E-state index contributed by atoms with van der Waals surface area (Å²) in [6.07, 6.45) is -4.66. The third kappa shape index (κ3) is 3.02. The van der Waals surface area contributed by atoms with Gasteiger partial charge in [0.15, 0.2) is 0 Å². The van der Waals surface area contributed by atoms with Gasteiger partial charge in [-0.05, 0) is 23.4 Å². The summed E-state index contributed by atoms with van der Waals surface area (Å²) in [6.45, 7) is 0. The minimum atomic E-state index is -4.66. The Morgan fingerprint density at radius 1 is 1.32 bits per heavy atom. The number of halogens is 4. The minimum absolute atomic E-state index is 0.0400. The van der Waals surface area contributed by atoms with E-state index in [-0.39, 0.29) is 5.13 Å². The molecule has 1 amide bonds. The van der Waals surface area contributed by atoms with Crippen LogP contribution in [0.5, 0.6) is 0 Å². The average Bonchev–Trinajstić information content (AvgIpc) is 2.80. The van der Waals surface area contributed by atoms with Crippen LogP contribution in [0.3, 0.4) is 0 Å². The average molecular weight is 292 g/mol. The Bertz CT molecular complexity index is 599. The van der Waals surface area contributed by atoms with Crippen LogP contribution in [0.15, 0.2) is 18.2 Å². The summed E-state index contributed by atoms with van der Waals surface area (Å²) < 4.78 is 54.1. The number of carbonyl (C=O) groups excluding carboxylic acids is 1. The molecule has 0 radical (unpaired) electrons. The Kier molecular flexibility index (Phi) is 3.42. The van der Waals surface area contributed by atoms with Gasteiger partial charge in [0.1, 0.15) is 5.82 Å². The van der Waals surface area contributed by atoms with Gasteiger partial charge in [0.05, 0.1) is 11.1 Å². The third-order valence-electron chi connectivity index (χ3n) is 2.06. The van der Waals surface area contributed by atoms with Gasteiger partial charge in [-0.3, -0.25) is 10.1 Å². The Labute approximate surface area is 107 Å². The van der Waals surface area contributed by atoms with Crippen LogP contribution in [0, 0.1) is 5.82 Å². The molecule has 1 N–H and O–H groups in total. The van der Waals surface area contributed by atoms with Gasteiger partial charge in [0, 0.05) is 11.5 Å². The molecule has 19 heavy (non-hydrogen) atoms. The highest BCUT2D eigenvalue weighted by molar-refractivity contribution is 7.09. The number of aromatic nitrogens is 3. The van der Waals surface area contributed by atoms with Crippen molar-refractivity contribution in [2.75, 3.05) is 5.32 Å². The number of amides is 1. The molecule has 2 aromatic rings. The summed E-state index contributed by atoms with van der Waals surface area (Å²) in [4.78, 5) is 11.6. The molecule has 0 saturated heterocycles. The molecule has 0 fully saturated rings. The van der Waals surface area contributed by atoms with Gasteiger partial charge in [-0.2, -0.15) is 13.2 Å². The highest BCUT2D eigenvalue weighted by atomic mass is 32.1. The molecule has 0 bridgehead atoms. The molecule has 1 aromatic heterocycles. The molecule has 1 heterocycles. The smallest absolute Gasteiger partial charge is 0.295 e. The highest BCUT2D eigenvalue weighted by Gasteiger charge is 2.32. The first-order valence-electron chi connectivity index (χ1n) is 4.71. The quantitative estimate of drug-likeness (QED) is 0.863. The van der Waals surface area contributed by atoms with E-state index in [1.54, 1.807) is 0 Å². The van der Waals surface area contributed by atoms with Gasteiger partial charge in [-0.25, -0.2) is 4.39 Å². The van der Waals surface area contributed by atoms with Gasteiger partial charge in [0.25, 0.3) is 5.91 Å². The second-order valence-corrected chi connectivity index (χ2v) is 4.05. The Morgan fingerprint density at radius 3 is 2.63 bits per heavy atom. The van der Waals surface area contributed by atoms with Crippen molar-refractivity contribution >= 4 is 22.6 Å². The van der Waals surface area contributed by atoms with Gasteiger partial charge in [-0.1, -0.05) is 9.59 Å². The summed E-state index contributed by atoms with van der Waals surface area (Å²) in [6, 6.07) is 1.56. The predicted octanol–water partition coefficient (Wildman–Crippen LogP) is 2.34. The molecular formula is C9H4F4N4OS. The maximum atomic E-state index is 13.4. The number of benzene rings is 1. The Balaban J connectivity index is 2.31. The standard InChI is InChI=1S/C9H4F4N4OS/c10-6-2-1-4(9(11,12)13)3-5(6)7(18)14-8-15-16-17-19-8/h1-3H,(H,14,15,17,18). The molecule has 10 heteroatoms. The second-order valence-electron chi connectivity index (χ2n) is 3.31. The van der Waals surface area contributed by atoms with Crippen LogP contribution in [0.4, 0.5) is 22.7 Å². The fourth-order valence-corrected chi connectivity index (χ4v) is 1.58. The van der Waals surface area contributed by atoms with Crippen molar-refractivity contribution in [3.8, 4) is 0 Å². The van der Waals surface area contributed by atoms with Crippen LogP contribution < -0.4 is 5.32 Å². The molecule has 100 valence electrons. The zero-order valence-corrected chi connectivity index (χ0v) is 9.72. The largest absolute Gasteiger partial charge is 0.416 e. The number of hydrogen-bond donors (Lipinski definition) is 1. The molecule has 0 aliphatic rings. The normalized spacial score (nSPS) is 11.4. The lowest BCUT2D eigenvalue weighted by Gasteiger charge is -2.09. The molecule has 0 aliphatic carbocycles. The van der Waals surface area contributed by atoms with Crippen molar-refractivity contribution in [1.29, 1.82) is 0 Å². The minimum Gasteiger partial charge on any atom is -0.295 e. The van der Waals surface area contributed by atoms with Crippen molar-refractivity contribution in [3.63, 3.8) is 0 Å². The lowest BCUT2D eigenvalue weighted by Crippen LogP contribution is -2.15. The zero-order valence-electron chi connectivity index (χ0n) is 8.90. The number of carbonyl (C=O) groups is 1. The molecular weight excluding hydrogens is 288 g/mol. The Hall–Kier alpha value is -2.10. The van der Waals surface area contributed by atoms with E-state index in [4.69, 9.17) is 0 Å². The lowest BCUT2D eigenvalue weighted by atomic mass is 10.1. The van der Waals surface area contributed by atoms with Crippen molar-refractivity contribution in [2.45, 2.75) is 6.18 Å². The first-order chi connectivity index (χ1) is 8.88. The number of alkyl halides is 3. The maximum Gasteiger partial charge on any atom is 0.416 e. The lowest BCUT2D eigenvalue weighted by molar-refractivity contribution is -0.137. The summed E-state index contributed by atoms with van der Waals surface area (Å²) in [5.74, 6) is -2.12. The van der Waals surface area contributed by atoms with Gasteiger partial charge in [0.2, 0.25) is 5.13 Å². The SMILES string of the molecule is O=C(Nc1nnns1)c1cc(C(F)(F)F)ccc1F. The van der Waals surface area contributed by atoms with Gasteiger partial charge in [-0.15, -0.1) is 0 Å². The fourth-order valence-electron chi connectivity index (χ4n) is 1.22. The van der Waals surface area contributed by atoms with E-state index in [9.17, 15) is 22.4 Å². The summed E-state index contributed by atoms with van der Waals surface area (Å²) in [5.41, 5.74) is -1.85. The molecule has 5 nitrogen and oxygen atoms in total. The van der Waals surface area contributed by atoms with E-state index in [0.717, 1.165) is 0 Å². The van der Waals surface area contributed by atoms with Crippen molar-refractivity contribution < 1.29 is 22.4 Å². The van der Waals surface area contributed by atoms with Crippen LogP contribution in [0.1, 0.15) is 15.9 Å². The van der Waals surface area contributed by atoms with Crippen LogP contribution in [-0.4, -0.2) is 20.7 Å². The van der Waals surface area contributed by atoms with E-state index in [1.165, 1.54) is 0 Å². The molecule has 0 spiro atoms. The summed E-state index contributed by atoms with van der Waals surface area (Å²) >= 11 is 0.713. The summed E-state index contributed by atoms with van der Waals surface area (Å²) in [5, 5.41) is 8.60. The van der Waals surface area contributed by atoms with Crippen molar-refractivity contribution in [2.24, 2.45) is 0 Å². The van der Waals surface area contributed by atoms with Crippen LogP contribution in [0.2, 0.25) is 0 Å². The van der Waals surface area contributed by atoms with Crippen LogP contribution in [0.25, 0.3) is 0 Å². The molecule has 1 aromatic carbocycles. The molecule has 2 rings (SSSR count). The zero-order chi connectivity index (χ0) is 14.0. The summed E-state index contributed by atoms with van der Waals surface area (Å²) in [7, 11) is 0. The van der Waals surface area contributed by atoms with E-state index in [0.29, 0.717) is 29.7 Å². The van der Waals surface area contributed by atoms with Crippen molar-refractivity contribution in [1.82, 2.24) is 14.8 Å². The molecule has 0 unspecified atom stereocenters. The number of rotatable bonds is 2. The van der Waals surface area contributed by atoms with E-state index in [1.807, 2.05) is 0 Å². The van der Waals surface area contributed by atoms with Gasteiger partial charge < -0.3 is 0 Å². The number of nitrogens with zero attached hydrogens (tertiary/aromatic N) is 3. The van der Waals surface area contributed by atoms with Gasteiger partial charge >= 0.3 is 6.18 Å². The van der Waals surface area contributed by atoms with E-state index in [2.05, 4.69) is 20.1 Å².